The van der Waals surface area contributed by atoms with Crippen LogP contribution in [0.4, 0.5) is 0 Å². The van der Waals surface area contributed by atoms with Crippen LogP contribution in [0.2, 0.25) is 0 Å². The number of benzene rings is 1. The highest BCUT2D eigenvalue weighted by atomic mass is 32.2. The maximum absolute atomic E-state index is 5.34. The summed E-state index contributed by atoms with van der Waals surface area (Å²) in [7, 11) is 1.74. The molecule has 2 atom stereocenters. The monoisotopic (exact) mass is 293 g/mol. The fraction of sp³-hybridized carbons (Fsp3) is 0.647. The summed E-state index contributed by atoms with van der Waals surface area (Å²) >= 11 is 2.04. The molecular weight excluding hydrogens is 266 g/mol. The van der Waals surface area contributed by atoms with E-state index in [1.165, 1.54) is 41.9 Å². The minimum Gasteiger partial charge on any atom is -0.497 e. The quantitative estimate of drug-likeness (QED) is 0.775. The Bertz CT molecular complexity index is 421. The number of nitrogens with one attached hydrogen (secondary N) is 1. The lowest BCUT2D eigenvalue weighted by Crippen LogP contribution is -2.40. The van der Waals surface area contributed by atoms with Gasteiger partial charge >= 0.3 is 0 Å². The normalized spacial score (nSPS) is 19.4. The van der Waals surface area contributed by atoms with Gasteiger partial charge in [-0.1, -0.05) is 13.0 Å². The van der Waals surface area contributed by atoms with Crippen molar-refractivity contribution in [2.24, 2.45) is 0 Å². The van der Waals surface area contributed by atoms with Crippen LogP contribution >= 0.6 is 11.8 Å². The van der Waals surface area contributed by atoms with E-state index >= 15 is 0 Å². The third kappa shape index (κ3) is 4.42. The summed E-state index contributed by atoms with van der Waals surface area (Å²) in [5.41, 5.74) is 2.96. The molecule has 1 aliphatic rings. The van der Waals surface area contributed by atoms with Gasteiger partial charge in [-0.2, -0.15) is 11.8 Å². The third-order valence-electron chi connectivity index (χ3n) is 4.06. The Balaban J connectivity index is 1.86. The molecule has 0 bridgehead atoms. The molecule has 0 saturated carbocycles. The van der Waals surface area contributed by atoms with E-state index in [2.05, 4.69) is 37.4 Å². The van der Waals surface area contributed by atoms with Crippen molar-refractivity contribution < 1.29 is 4.74 Å². The van der Waals surface area contributed by atoms with E-state index in [0.717, 1.165) is 12.2 Å². The van der Waals surface area contributed by atoms with Gasteiger partial charge < -0.3 is 10.1 Å². The second kappa shape index (κ2) is 7.94. The van der Waals surface area contributed by atoms with Crippen molar-refractivity contribution >= 4 is 11.8 Å². The summed E-state index contributed by atoms with van der Waals surface area (Å²) in [6.45, 7) is 4.55. The molecule has 0 saturated heterocycles. The first-order chi connectivity index (χ1) is 9.72. The highest BCUT2D eigenvalue weighted by molar-refractivity contribution is 7.99. The molecule has 1 N–H and O–H groups in total. The van der Waals surface area contributed by atoms with E-state index < -0.39 is 0 Å². The van der Waals surface area contributed by atoms with E-state index in [4.69, 9.17) is 4.74 Å². The summed E-state index contributed by atoms with van der Waals surface area (Å²) < 4.78 is 5.34. The fourth-order valence-electron chi connectivity index (χ4n) is 2.89. The molecule has 20 heavy (non-hydrogen) atoms. The first-order valence-corrected chi connectivity index (χ1v) is 8.88. The third-order valence-corrected chi connectivity index (χ3v) is 4.99. The molecule has 0 heterocycles. The van der Waals surface area contributed by atoms with Crippen LogP contribution in [0.15, 0.2) is 18.2 Å². The Kier molecular flexibility index (Phi) is 6.24. The van der Waals surface area contributed by atoms with Gasteiger partial charge in [-0.25, -0.2) is 0 Å². The molecule has 1 aliphatic carbocycles. The van der Waals surface area contributed by atoms with Crippen molar-refractivity contribution in [2.75, 3.05) is 18.6 Å². The van der Waals surface area contributed by atoms with Gasteiger partial charge in [-0.05, 0) is 67.4 Å². The minimum atomic E-state index is 0.617. The summed E-state index contributed by atoms with van der Waals surface area (Å²) in [5, 5.41) is 3.80. The zero-order chi connectivity index (χ0) is 14.4. The van der Waals surface area contributed by atoms with Crippen LogP contribution in [0.1, 0.15) is 37.8 Å². The second-order valence-electron chi connectivity index (χ2n) is 5.63. The predicted molar refractivity (Wildman–Crippen MR) is 89.0 cm³/mol. The summed E-state index contributed by atoms with van der Waals surface area (Å²) in [6, 6.07) is 7.76. The molecule has 2 nitrogen and oxygen atoms in total. The van der Waals surface area contributed by atoms with Crippen molar-refractivity contribution in [3.05, 3.63) is 29.3 Å². The standard InChI is InChI=1S/C17H27NOS/c1-4-20-10-9-13(2)18-16-7-5-14-6-8-17(19-3)12-15(14)11-16/h6,8,12-13,16,18H,4-5,7,9-11H2,1-3H3. The molecule has 2 unspecified atom stereocenters. The molecule has 0 amide bonds. The van der Waals surface area contributed by atoms with Gasteiger partial charge in [0.15, 0.2) is 0 Å². The van der Waals surface area contributed by atoms with Gasteiger partial charge in [-0.3, -0.25) is 0 Å². The fourth-order valence-corrected chi connectivity index (χ4v) is 3.70. The lowest BCUT2D eigenvalue weighted by Gasteiger charge is -2.28. The lowest BCUT2D eigenvalue weighted by atomic mass is 9.87. The van der Waals surface area contributed by atoms with E-state index in [-0.39, 0.29) is 0 Å². The lowest BCUT2D eigenvalue weighted by molar-refractivity contribution is 0.396. The molecular formula is C17H27NOS. The van der Waals surface area contributed by atoms with Gasteiger partial charge in [0.1, 0.15) is 5.75 Å². The molecule has 0 aromatic heterocycles. The van der Waals surface area contributed by atoms with E-state index in [9.17, 15) is 0 Å². The Morgan fingerprint density at radius 2 is 2.25 bits per heavy atom. The minimum absolute atomic E-state index is 0.617. The maximum atomic E-state index is 5.34. The van der Waals surface area contributed by atoms with Gasteiger partial charge in [0.25, 0.3) is 0 Å². The number of methoxy groups -OCH3 is 1. The second-order valence-corrected chi connectivity index (χ2v) is 7.02. The van der Waals surface area contributed by atoms with Gasteiger partial charge in [0.2, 0.25) is 0 Å². The number of hydrogen-bond donors (Lipinski definition) is 1. The summed E-state index contributed by atoms with van der Waals surface area (Å²) in [6.07, 6.45) is 4.84. The molecule has 0 aliphatic heterocycles. The van der Waals surface area contributed by atoms with Crippen LogP contribution < -0.4 is 10.1 Å². The SMILES string of the molecule is CCSCCC(C)NC1CCc2ccc(OC)cc2C1. The zero-order valence-electron chi connectivity index (χ0n) is 12.9. The van der Waals surface area contributed by atoms with E-state index in [1.807, 2.05) is 11.8 Å². The van der Waals surface area contributed by atoms with Crippen molar-refractivity contribution in [2.45, 2.75) is 51.6 Å². The van der Waals surface area contributed by atoms with Crippen LogP contribution in [0.5, 0.6) is 5.75 Å². The highest BCUT2D eigenvalue weighted by Crippen LogP contribution is 2.25. The number of hydrogen-bond acceptors (Lipinski definition) is 3. The number of rotatable bonds is 7. The predicted octanol–water partition coefficient (Wildman–Crippen LogP) is 3.67. The number of ether oxygens (including phenoxy) is 1. The Hall–Kier alpha value is -0.670. The Morgan fingerprint density at radius 1 is 1.40 bits per heavy atom. The van der Waals surface area contributed by atoms with Gasteiger partial charge in [0.05, 0.1) is 7.11 Å². The molecule has 1 aromatic rings. The van der Waals surface area contributed by atoms with Crippen LogP contribution in [0, 0.1) is 0 Å². The topological polar surface area (TPSA) is 21.3 Å². The van der Waals surface area contributed by atoms with Crippen LogP contribution in [0.3, 0.4) is 0 Å². The van der Waals surface area contributed by atoms with Gasteiger partial charge in [-0.15, -0.1) is 0 Å². The van der Waals surface area contributed by atoms with Crippen LogP contribution in [-0.2, 0) is 12.8 Å². The molecule has 112 valence electrons. The Morgan fingerprint density at radius 3 is 3.00 bits per heavy atom. The average molecular weight is 293 g/mol. The molecule has 0 spiro atoms. The van der Waals surface area contributed by atoms with E-state index in [1.54, 1.807) is 7.11 Å². The Labute approximate surface area is 127 Å². The summed E-state index contributed by atoms with van der Waals surface area (Å²) in [5.74, 6) is 3.47. The van der Waals surface area contributed by atoms with Crippen LogP contribution in [-0.4, -0.2) is 30.7 Å². The number of aryl methyl sites for hydroxylation is 1. The maximum Gasteiger partial charge on any atom is 0.119 e. The number of thioether (sulfide) groups is 1. The molecule has 0 radical (unpaired) electrons. The first-order valence-electron chi connectivity index (χ1n) is 7.72. The smallest absolute Gasteiger partial charge is 0.119 e. The number of fused-ring (bicyclic) bond motifs is 1. The molecule has 3 heteroatoms. The van der Waals surface area contributed by atoms with Crippen molar-refractivity contribution in [1.82, 2.24) is 5.32 Å². The van der Waals surface area contributed by atoms with Crippen molar-refractivity contribution in [3.8, 4) is 5.75 Å². The van der Waals surface area contributed by atoms with Crippen molar-refractivity contribution in [3.63, 3.8) is 0 Å². The zero-order valence-corrected chi connectivity index (χ0v) is 13.8. The first kappa shape index (κ1) is 15.7. The largest absolute Gasteiger partial charge is 0.497 e. The van der Waals surface area contributed by atoms with Crippen molar-refractivity contribution in [1.29, 1.82) is 0 Å². The molecule has 2 rings (SSSR count). The van der Waals surface area contributed by atoms with E-state index in [0.29, 0.717) is 12.1 Å². The highest BCUT2D eigenvalue weighted by Gasteiger charge is 2.20. The molecule has 0 fully saturated rings. The van der Waals surface area contributed by atoms with Crippen LogP contribution in [0.25, 0.3) is 0 Å². The summed E-state index contributed by atoms with van der Waals surface area (Å²) in [4.78, 5) is 0. The van der Waals surface area contributed by atoms with Gasteiger partial charge in [0, 0.05) is 12.1 Å². The molecule has 1 aromatic carbocycles. The average Bonchev–Trinajstić information content (AvgIpc) is 2.46.